The second kappa shape index (κ2) is 5.57. The van der Waals surface area contributed by atoms with Gasteiger partial charge in [0.2, 0.25) is 0 Å². The molecule has 0 bridgehead atoms. The lowest BCUT2D eigenvalue weighted by Gasteiger charge is -2.11. The summed E-state index contributed by atoms with van der Waals surface area (Å²) in [6.07, 6.45) is 6.54. The third-order valence-electron chi connectivity index (χ3n) is 3.79. The van der Waals surface area contributed by atoms with E-state index >= 15 is 0 Å². The Hall–Kier alpha value is -1.62. The molecular weight excluding hydrogens is 238 g/mol. The molecule has 5 nitrogen and oxygen atoms in total. The van der Waals surface area contributed by atoms with Crippen LogP contribution in [-0.2, 0) is 26.9 Å². The van der Waals surface area contributed by atoms with Gasteiger partial charge in [0.05, 0.1) is 5.69 Å². The molecule has 2 aromatic heterocycles. The molecular formula is C14H23N5. The van der Waals surface area contributed by atoms with Crippen LogP contribution in [0.3, 0.4) is 0 Å². The number of imidazole rings is 1. The molecule has 0 spiro atoms. The summed E-state index contributed by atoms with van der Waals surface area (Å²) in [4.78, 5) is 4.32. The van der Waals surface area contributed by atoms with Crippen LogP contribution in [0.1, 0.15) is 29.2 Å². The van der Waals surface area contributed by atoms with E-state index in [2.05, 4.69) is 23.9 Å². The van der Waals surface area contributed by atoms with Gasteiger partial charge in [-0.15, -0.1) is 0 Å². The molecule has 0 aliphatic heterocycles. The zero-order valence-corrected chi connectivity index (χ0v) is 12.2. The highest BCUT2D eigenvalue weighted by Gasteiger charge is 2.12. The largest absolute Gasteiger partial charge is 0.338 e. The quantitative estimate of drug-likeness (QED) is 0.881. The molecule has 5 heteroatoms. The van der Waals surface area contributed by atoms with Crippen molar-refractivity contribution in [3.05, 3.63) is 35.2 Å². The maximum Gasteiger partial charge on any atom is 0.109 e. The summed E-state index contributed by atoms with van der Waals surface area (Å²) in [5, 5.41) is 4.44. The third-order valence-corrected chi connectivity index (χ3v) is 3.79. The van der Waals surface area contributed by atoms with Crippen LogP contribution in [0, 0.1) is 13.8 Å². The van der Waals surface area contributed by atoms with E-state index < -0.39 is 0 Å². The Labute approximate surface area is 114 Å². The summed E-state index contributed by atoms with van der Waals surface area (Å²) < 4.78 is 3.97. The van der Waals surface area contributed by atoms with E-state index in [1.54, 1.807) is 0 Å². The van der Waals surface area contributed by atoms with Crippen molar-refractivity contribution in [1.82, 2.24) is 19.3 Å². The number of aryl methyl sites for hydroxylation is 3. The molecule has 0 saturated heterocycles. The number of hydrogen-bond acceptors (Lipinski definition) is 3. The van der Waals surface area contributed by atoms with Crippen molar-refractivity contribution in [1.29, 1.82) is 0 Å². The average Bonchev–Trinajstić information content (AvgIpc) is 2.84. The lowest BCUT2D eigenvalue weighted by Crippen LogP contribution is -2.25. The summed E-state index contributed by atoms with van der Waals surface area (Å²) in [6, 6.07) is 0.139. The van der Waals surface area contributed by atoms with Crippen LogP contribution in [0.2, 0.25) is 0 Å². The van der Waals surface area contributed by atoms with Crippen LogP contribution in [0.25, 0.3) is 0 Å². The maximum absolute atomic E-state index is 6.21. The van der Waals surface area contributed by atoms with Crippen LogP contribution < -0.4 is 5.73 Å². The van der Waals surface area contributed by atoms with Gasteiger partial charge in [-0.2, -0.15) is 5.10 Å². The van der Waals surface area contributed by atoms with E-state index in [4.69, 9.17) is 5.73 Å². The molecule has 2 heterocycles. The maximum atomic E-state index is 6.21. The zero-order chi connectivity index (χ0) is 14.0. The molecule has 19 heavy (non-hydrogen) atoms. The minimum Gasteiger partial charge on any atom is -0.338 e. The highest BCUT2D eigenvalue weighted by atomic mass is 15.3. The van der Waals surface area contributed by atoms with Crippen molar-refractivity contribution in [2.75, 3.05) is 0 Å². The Morgan fingerprint density at radius 1 is 1.32 bits per heavy atom. The van der Waals surface area contributed by atoms with E-state index in [0.717, 1.165) is 30.8 Å². The Kier molecular flexibility index (Phi) is 4.04. The van der Waals surface area contributed by atoms with Gasteiger partial charge < -0.3 is 10.3 Å². The van der Waals surface area contributed by atoms with E-state index in [0.29, 0.717) is 0 Å². The highest BCUT2D eigenvalue weighted by molar-refractivity contribution is 5.24. The number of rotatable bonds is 5. The average molecular weight is 261 g/mol. The fraction of sp³-hybridized carbons (Fsp3) is 0.571. The summed E-state index contributed by atoms with van der Waals surface area (Å²) in [5.41, 5.74) is 9.89. The Bertz CT molecular complexity index is 552. The van der Waals surface area contributed by atoms with Crippen LogP contribution in [-0.4, -0.2) is 25.4 Å². The SMILES string of the molecule is Cc1nn(C)c(C)c1CCC(N)Cc1nccn1C. The minimum absolute atomic E-state index is 0.139. The van der Waals surface area contributed by atoms with Crippen molar-refractivity contribution in [3.63, 3.8) is 0 Å². The van der Waals surface area contributed by atoms with Gasteiger partial charge in [0, 0.05) is 44.6 Å². The van der Waals surface area contributed by atoms with Gasteiger partial charge in [-0.05, 0) is 32.3 Å². The Balaban J connectivity index is 1.93. The van der Waals surface area contributed by atoms with E-state index in [-0.39, 0.29) is 6.04 Å². The molecule has 2 rings (SSSR count). The molecule has 2 N–H and O–H groups in total. The third kappa shape index (κ3) is 3.04. The Morgan fingerprint density at radius 3 is 2.58 bits per heavy atom. The molecule has 0 aliphatic rings. The summed E-state index contributed by atoms with van der Waals surface area (Å²) in [6.45, 7) is 4.17. The van der Waals surface area contributed by atoms with Crippen LogP contribution in [0.4, 0.5) is 0 Å². The monoisotopic (exact) mass is 261 g/mol. The van der Waals surface area contributed by atoms with Crippen molar-refractivity contribution in [3.8, 4) is 0 Å². The Morgan fingerprint density at radius 2 is 2.05 bits per heavy atom. The van der Waals surface area contributed by atoms with Gasteiger partial charge in [0.1, 0.15) is 5.82 Å². The van der Waals surface area contributed by atoms with Crippen LogP contribution in [0.5, 0.6) is 0 Å². The predicted octanol–water partition coefficient (Wildman–Crippen LogP) is 1.27. The fourth-order valence-electron chi connectivity index (χ4n) is 2.44. The molecule has 2 aromatic rings. The number of hydrogen-bond donors (Lipinski definition) is 1. The molecule has 104 valence electrons. The van der Waals surface area contributed by atoms with Gasteiger partial charge in [0.25, 0.3) is 0 Å². The fourth-order valence-corrected chi connectivity index (χ4v) is 2.44. The zero-order valence-electron chi connectivity index (χ0n) is 12.2. The number of nitrogens with two attached hydrogens (primary N) is 1. The van der Waals surface area contributed by atoms with Crippen molar-refractivity contribution < 1.29 is 0 Å². The minimum atomic E-state index is 0.139. The molecule has 0 fully saturated rings. The number of nitrogens with zero attached hydrogens (tertiary/aromatic N) is 4. The first-order valence-electron chi connectivity index (χ1n) is 6.70. The van der Waals surface area contributed by atoms with Crippen LogP contribution >= 0.6 is 0 Å². The summed E-state index contributed by atoms with van der Waals surface area (Å²) in [7, 11) is 3.99. The first-order valence-corrected chi connectivity index (χ1v) is 6.70. The van der Waals surface area contributed by atoms with Gasteiger partial charge in [0.15, 0.2) is 0 Å². The standard InChI is InChI=1S/C14H23N5/c1-10-13(11(2)19(4)17-10)6-5-12(15)9-14-16-7-8-18(14)3/h7-8,12H,5-6,9,15H2,1-4H3. The van der Waals surface area contributed by atoms with Crippen LogP contribution in [0.15, 0.2) is 12.4 Å². The van der Waals surface area contributed by atoms with Crippen molar-refractivity contribution >= 4 is 0 Å². The lowest BCUT2D eigenvalue weighted by molar-refractivity contribution is 0.580. The highest BCUT2D eigenvalue weighted by Crippen LogP contribution is 2.15. The second-order valence-electron chi connectivity index (χ2n) is 5.23. The topological polar surface area (TPSA) is 61.7 Å². The first-order chi connectivity index (χ1) is 8.99. The van der Waals surface area contributed by atoms with Gasteiger partial charge in [-0.25, -0.2) is 4.98 Å². The van der Waals surface area contributed by atoms with Gasteiger partial charge in [-0.3, -0.25) is 4.68 Å². The molecule has 1 atom stereocenters. The van der Waals surface area contributed by atoms with E-state index in [1.165, 1.54) is 11.3 Å². The summed E-state index contributed by atoms with van der Waals surface area (Å²) in [5.74, 6) is 1.05. The molecule has 0 amide bonds. The summed E-state index contributed by atoms with van der Waals surface area (Å²) >= 11 is 0. The van der Waals surface area contributed by atoms with E-state index in [9.17, 15) is 0 Å². The van der Waals surface area contributed by atoms with Gasteiger partial charge in [-0.1, -0.05) is 0 Å². The molecule has 1 unspecified atom stereocenters. The molecule has 0 saturated carbocycles. The predicted molar refractivity (Wildman–Crippen MR) is 75.9 cm³/mol. The smallest absolute Gasteiger partial charge is 0.109 e. The van der Waals surface area contributed by atoms with E-state index in [1.807, 2.05) is 35.7 Å². The molecule has 0 aromatic carbocycles. The number of aromatic nitrogens is 4. The first kappa shape index (κ1) is 13.8. The second-order valence-corrected chi connectivity index (χ2v) is 5.23. The lowest BCUT2D eigenvalue weighted by atomic mass is 10.0. The normalized spacial score (nSPS) is 12.9. The van der Waals surface area contributed by atoms with Gasteiger partial charge >= 0.3 is 0 Å². The van der Waals surface area contributed by atoms with Crippen molar-refractivity contribution in [2.24, 2.45) is 19.8 Å². The molecule has 0 radical (unpaired) electrons. The van der Waals surface area contributed by atoms with Crippen molar-refractivity contribution in [2.45, 2.75) is 39.2 Å². The molecule has 0 aliphatic carbocycles.